The monoisotopic (exact) mass is 285 g/mol. The smallest absolute Gasteiger partial charge is 0.337 e. The fourth-order valence-electron chi connectivity index (χ4n) is 1.34. The number of rotatable bonds is 5. The fraction of sp³-hybridized carbons (Fsp3) is 0.333. The van der Waals surface area contributed by atoms with E-state index in [1.165, 1.54) is 13.2 Å². The molecule has 0 aliphatic carbocycles. The van der Waals surface area contributed by atoms with Gasteiger partial charge in [0, 0.05) is 18.4 Å². The van der Waals surface area contributed by atoms with Crippen LogP contribution in [-0.4, -0.2) is 39.4 Å². The van der Waals surface area contributed by atoms with Crippen LogP contribution in [0.25, 0.3) is 0 Å². The first-order valence-corrected chi connectivity index (χ1v) is 7.54. The van der Waals surface area contributed by atoms with Crippen molar-refractivity contribution in [1.29, 1.82) is 0 Å². The van der Waals surface area contributed by atoms with Crippen molar-refractivity contribution in [1.82, 2.24) is 0 Å². The number of ether oxygens (including phenoxy) is 1. The highest BCUT2D eigenvalue weighted by atomic mass is 32.2. The van der Waals surface area contributed by atoms with Crippen LogP contribution >= 0.6 is 0 Å². The molecule has 0 unspecified atom stereocenters. The quantitative estimate of drug-likeness (QED) is 0.810. The Hall–Kier alpha value is -1.89. The van der Waals surface area contributed by atoms with Crippen LogP contribution in [0.4, 0.5) is 5.69 Å². The number of anilines is 1. The predicted octanol–water partition coefficient (Wildman–Crippen LogP) is 0.846. The van der Waals surface area contributed by atoms with E-state index in [1.54, 1.807) is 18.2 Å². The van der Waals surface area contributed by atoms with Gasteiger partial charge in [-0.3, -0.25) is 4.79 Å². The van der Waals surface area contributed by atoms with Gasteiger partial charge < -0.3 is 10.1 Å². The zero-order chi connectivity index (χ0) is 14.5. The maximum absolute atomic E-state index is 11.5. The van der Waals surface area contributed by atoms with Crippen LogP contribution in [0.5, 0.6) is 0 Å². The second-order valence-electron chi connectivity index (χ2n) is 4.00. The number of hydrogen-bond acceptors (Lipinski definition) is 5. The highest BCUT2D eigenvalue weighted by molar-refractivity contribution is 7.90. The third-order valence-electron chi connectivity index (χ3n) is 2.27. The van der Waals surface area contributed by atoms with E-state index in [-0.39, 0.29) is 12.2 Å². The van der Waals surface area contributed by atoms with E-state index in [4.69, 9.17) is 0 Å². The summed E-state index contributed by atoms with van der Waals surface area (Å²) in [7, 11) is -1.91. The molecule has 1 rings (SSSR count). The van der Waals surface area contributed by atoms with Gasteiger partial charge in [-0.15, -0.1) is 0 Å². The van der Waals surface area contributed by atoms with Gasteiger partial charge in [0.05, 0.1) is 18.4 Å². The number of carbonyl (C=O) groups excluding carboxylic acids is 2. The van der Waals surface area contributed by atoms with E-state index in [1.807, 2.05) is 0 Å². The minimum absolute atomic E-state index is 0.124. The molecule has 0 saturated heterocycles. The van der Waals surface area contributed by atoms with Crippen molar-refractivity contribution in [2.75, 3.05) is 24.4 Å². The van der Waals surface area contributed by atoms with Crippen LogP contribution in [0.3, 0.4) is 0 Å². The van der Waals surface area contributed by atoms with Gasteiger partial charge in [-0.25, -0.2) is 13.2 Å². The number of sulfone groups is 1. The predicted molar refractivity (Wildman–Crippen MR) is 70.7 cm³/mol. The molecule has 0 radical (unpaired) electrons. The number of methoxy groups -OCH3 is 1. The van der Waals surface area contributed by atoms with E-state index in [0.29, 0.717) is 11.3 Å². The van der Waals surface area contributed by atoms with E-state index in [9.17, 15) is 18.0 Å². The Balaban J connectivity index is 2.67. The van der Waals surface area contributed by atoms with Gasteiger partial charge in [0.1, 0.15) is 9.84 Å². The molecular formula is C12H15NO5S. The molecule has 7 heteroatoms. The minimum Gasteiger partial charge on any atom is -0.465 e. The van der Waals surface area contributed by atoms with Crippen molar-refractivity contribution in [3.05, 3.63) is 29.8 Å². The molecule has 19 heavy (non-hydrogen) atoms. The molecule has 1 aromatic carbocycles. The molecule has 6 nitrogen and oxygen atoms in total. The lowest BCUT2D eigenvalue weighted by Gasteiger charge is -2.06. The number of esters is 1. The Labute approximate surface area is 111 Å². The Morgan fingerprint density at radius 1 is 1.32 bits per heavy atom. The van der Waals surface area contributed by atoms with E-state index < -0.39 is 21.7 Å². The molecule has 0 atom stereocenters. The second-order valence-corrected chi connectivity index (χ2v) is 6.26. The van der Waals surface area contributed by atoms with E-state index in [2.05, 4.69) is 10.1 Å². The van der Waals surface area contributed by atoms with Gasteiger partial charge >= 0.3 is 5.97 Å². The standard InChI is InChI=1S/C12H15NO5S/c1-18-12(15)9-4-3-5-10(8-9)13-11(14)6-7-19(2,16)17/h3-5,8H,6-7H2,1-2H3,(H,13,14). The van der Waals surface area contributed by atoms with E-state index >= 15 is 0 Å². The molecule has 0 saturated carbocycles. The van der Waals surface area contributed by atoms with Crippen molar-refractivity contribution in [2.45, 2.75) is 6.42 Å². The van der Waals surface area contributed by atoms with Gasteiger partial charge in [-0.2, -0.15) is 0 Å². The summed E-state index contributed by atoms with van der Waals surface area (Å²) < 4.78 is 26.4. The van der Waals surface area contributed by atoms with Crippen LogP contribution < -0.4 is 5.32 Å². The molecule has 0 bridgehead atoms. The maximum Gasteiger partial charge on any atom is 0.337 e. The lowest BCUT2D eigenvalue weighted by Crippen LogP contribution is -2.16. The summed E-state index contributed by atoms with van der Waals surface area (Å²) in [5.74, 6) is -1.14. The first kappa shape index (κ1) is 15.2. The van der Waals surface area contributed by atoms with Gasteiger partial charge in [0.2, 0.25) is 5.91 Å². The summed E-state index contributed by atoms with van der Waals surface area (Å²) in [5.41, 5.74) is 0.727. The van der Waals surface area contributed by atoms with Crippen LogP contribution in [0.1, 0.15) is 16.8 Å². The molecule has 0 aliphatic heterocycles. The van der Waals surface area contributed by atoms with Crippen molar-refractivity contribution in [3.8, 4) is 0 Å². The number of amides is 1. The number of nitrogens with one attached hydrogen (secondary N) is 1. The molecule has 0 aliphatic rings. The summed E-state index contributed by atoms with van der Waals surface area (Å²) in [6.07, 6.45) is 0.944. The normalized spacial score (nSPS) is 10.8. The van der Waals surface area contributed by atoms with Crippen LogP contribution in [0, 0.1) is 0 Å². The maximum atomic E-state index is 11.5. The molecule has 0 heterocycles. The van der Waals surface area contributed by atoms with Crippen molar-refractivity contribution >= 4 is 27.4 Å². The first-order valence-electron chi connectivity index (χ1n) is 5.48. The van der Waals surface area contributed by atoms with Gasteiger partial charge in [-0.1, -0.05) is 6.07 Å². The SMILES string of the molecule is COC(=O)c1cccc(NC(=O)CCS(C)(=O)=O)c1. The molecule has 1 amide bonds. The molecule has 0 fully saturated rings. The highest BCUT2D eigenvalue weighted by Gasteiger charge is 2.10. The summed E-state index contributed by atoms with van der Waals surface area (Å²) in [4.78, 5) is 22.8. The summed E-state index contributed by atoms with van der Waals surface area (Å²) in [6, 6.07) is 6.21. The average molecular weight is 285 g/mol. The lowest BCUT2D eigenvalue weighted by atomic mass is 10.2. The molecule has 104 valence electrons. The van der Waals surface area contributed by atoms with Gasteiger partial charge in [-0.05, 0) is 18.2 Å². The third kappa shape index (κ3) is 5.52. The fourth-order valence-corrected chi connectivity index (χ4v) is 1.90. The lowest BCUT2D eigenvalue weighted by molar-refractivity contribution is -0.115. The Kier molecular flexibility index (Phi) is 5.05. The topological polar surface area (TPSA) is 89.5 Å². The van der Waals surface area contributed by atoms with E-state index in [0.717, 1.165) is 6.26 Å². The van der Waals surface area contributed by atoms with Crippen LogP contribution in [0.2, 0.25) is 0 Å². The zero-order valence-electron chi connectivity index (χ0n) is 10.7. The molecule has 0 spiro atoms. The summed E-state index contributed by atoms with van der Waals surface area (Å²) in [5, 5.41) is 2.52. The Bertz CT molecular complexity index is 580. The number of carbonyl (C=O) groups is 2. The zero-order valence-corrected chi connectivity index (χ0v) is 11.5. The second kappa shape index (κ2) is 6.33. The van der Waals surface area contributed by atoms with Crippen LogP contribution in [0.15, 0.2) is 24.3 Å². The molecular weight excluding hydrogens is 270 g/mol. The van der Waals surface area contributed by atoms with Gasteiger partial charge in [0.15, 0.2) is 0 Å². The molecule has 1 N–H and O–H groups in total. The average Bonchev–Trinajstić information content (AvgIpc) is 2.35. The Morgan fingerprint density at radius 3 is 2.58 bits per heavy atom. The number of hydrogen-bond donors (Lipinski definition) is 1. The Morgan fingerprint density at radius 2 is 2.00 bits per heavy atom. The molecule has 0 aromatic heterocycles. The van der Waals surface area contributed by atoms with Crippen LogP contribution in [-0.2, 0) is 19.4 Å². The first-order chi connectivity index (χ1) is 8.81. The largest absolute Gasteiger partial charge is 0.465 e. The highest BCUT2D eigenvalue weighted by Crippen LogP contribution is 2.12. The summed E-state index contributed by atoms with van der Waals surface area (Å²) in [6.45, 7) is 0. The third-order valence-corrected chi connectivity index (χ3v) is 3.21. The van der Waals surface area contributed by atoms with Crippen molar-refractivity contribution in [2.24, 2.45) is 0 Å². The minimum atomic E-state index is -3.17. The number of benzene rings is 1. The van der Waals surface area contributed by atoms with Crippen molar-refractivity contribution < 1.29 is 22.7 Å². The van der Waals surface area contributed by atoms with Gasteiger partial charge in [0.25, 0.3) is 0 Å². The summed E-state index contributed by atoms with van der Waals surface area (Å²) >= 11 is 0. The van der Waals surface area contributed by atoms with Crippen molar-refractivity contribution in [3.63, 3.8) is 0 Å². The molecule has 1 aromatic rings.